The molecule has 0 heterocycles. The van der Waals surface area contributed by atoms with E-state index < -0.39 is 0 Å². The molecule has 3 heteroatoms. The molecule has 1 saturated carbocycles. The number of hydrogen-bond donors (Lipinski definition) is 1. The average Bonchev–Trinajstić information content (AvgIpc) is 2.71. The third kappa shape index (κ3) is 4.32. The monoisotopic (exact) mass is 277 g/mol. The Morgan fingerprint density at radius 3 is 2.35 bits per heavy atom. The van der Waals surface area contributed by atoms with Crippen molar-refractivity contribution in [2.24, 2.45) is 0 Å². The van der Waals surface area contributed by atoms with Gasteiger partial charge in [0, 0.05) is 12.1 Å². The van der Waals surface area contributed by atoms with Crippen molar-refractivity contribution in [3.05, 3.63) is 18.2 Å². The maximum Gasteiger partial charge on any atom is 0.142 e. The molecule has 1 aromatic carbocycles. The van der Waals surface area contributed by atoms with Crippen LogP contribution in [0.2, 0.25) is 0 Å². The maximum atomic E-state index is 5.72. The highest BCUT2D eigenvalue weighted by Gasteiger charge is 2.14. The van der Waals surface area contributed by atoms with Crippen LogP contribution in [-0.2, 0) is 0 Å². The first-order valence-electron chi connectivity index (χ1n) is 7.99. The molecule has 0 amide bonds. The molecule has 0 saturated heterocycles. The van der Waals surface area contributed by atoms with Gasteiger partial charge in [-0.15, -0.1) is 0 Å². The van der Waals surface area contributed by atoms with Crippen molar-refractivity contribution in [3.8, 4) is 11.5 Å². The maximum absolute atomic E-state index is 5.72. The van der Waals surface area contributed by atoms with E-state index in [9.17, 15) is 0 Å². The van der Waals surface area contributed by atoms with Crippen LogP contribution >= 0.6 is 0 Å². The predicted molar refractivity (Wildman–Crippen MR) is 83.9 cm³/mol. The summed E-state index contributed by atoms with van der Waals surface area (Å²) in [4.78, 5) is 0. The zero-order valence-electron chi connectivity index (χ0n) is 12.8. The van der Waals surface area contributed by atoms with Crippen molar-refractivity contribution < 1.29 is 9.47 Å². The quantitative estimate of drug-likeness (QED) is 0.770. The van der Waals surface area contributed by atoms with Gasteiger partial charge in [-0.05, 0) is 38.8 Å². The number of rotatable bonds is 6. The topological polar surface area (TPSA) is 30.5 Å². The van der Waals surface area contributed by atoms with Gasteiger partial charge in [0.15, 0.2) is 0 Å². The minimum Gasteiger partial charge on any atom is -0.494 e. The lowest BCUT2D eigenvalue weighted by Crippen LogP contribution is -2.19. The fourth-order valence-electron chi connectivity index (χ4n) is 2.80. The molecular weight excluding hydrogens is 250 g/mol. The van der Waals surface area contributed by atoms with Crippen molar-refractivity contribution in [3.63, 3.8) is 0 Å². The molecule has 1 fully saturated rings. The van der Waals surface area contributed by atoms with E-state index in [2.05, 4.69) is 11.4 Å². The van der Waals surface area contributed by atoms with Crippen molar-refractivity contribution in [1.82, 2.24) is 0 Å². The van der Waals surface area contributed by atoms with Gasteiger partial charge in [0.1, 0.15) is 11.5 Å². The summed E-state index contributed by atoms with van der Waals surface area (Å²) in [7, 11) is 0. The van der Waals surface area contributed by atoms with Crippen LogP contribution in [0.4, 0.5) is 5.69 Å². The first kappa shape index (κ1) is 15.0. The van der Waals surface area contributed by atoms with E-state index in [0.29, 0.717) is 19.3 Å². The zero-order valence-corrected chi connectivity index (χ0v) is 12.8. The molecular formula is C17H27NO2. The molecule has 1 aromatic rings. The summed E-state index contributed by atoms with van der Waals surface area (Å²) in [6, 6.07) is 6.62. The van der Waals surface area contributed by atoms with Gasteiger partial charge in [0.2, 0.25) is 0 Å². The minimum absolute atomic E-state index is 0.564. The normalized spacial score (nSPS) is 16.5. The Morgan fingerprint density at radius 1 is 1.00 bits per heavy atom. The van der Waals surface area contributed by atoms with E-state index in [1.807, 2.05) is 26.0 Å². The Labute approximate surface area is 122 Å². The van der Waals surface area contributed by atoms with Crippen LogP contribution in [0.5, 0.6) is 11.5 Å². The summed E-state index contributed by atoms with van der Waals surface area (Å²) in [6.45, 7) is 5.41. The largest absolute Gasteiger partial charge is 0.494 e. The van der Waals surface area contributed by atoms with Gasteiger partial charge in [0.25, 0.3) is 0 Å². The number of nitrogens with one attached hydrogen (secondary N) is 1. The van der Waals surface area contributed by atoms with Crippen molar-refractivity contribution in [2.75, 3.05) is 18.5 Å². The molecule has 0 aliphatic heterocycles. The van der Waals surface area contributed by atoms with E-state index in [1.165, 1.54) is 38.5 Å². The Hall–Kier alpha value is -1.38. The third-order valence-corrected chi connectivity index (χ3v) is 3.78. The summed E-state index contributed by atoms with van der Waals surface area (Å²) < 4.78 is 11.3. The molecule has 0 spiro atoms. The fourth-order valence-corrected chi connectivity index (χ4v) is 2.80. The molecule has 0 unspecified atom stereocenters. The molecule has 0 atom stereocenters. The molecule has 0 bridgehead atoms. The summed E-state index contributed by atoms with van der Waals surface area (Å²) in [5, 5.41) is 3.67. The number of hydrogen-bond acceptors (Lipinski definition) is 3. The molecule has 2 rings (SSSR count). The molecule has 0 radical (unpaired) electrons. The van der Waals surface area contributed by atoms with Gasteiger partial charge in [-0.3, -0.25) is 0 Å². The second-order valence-electron chi connectivity index (χ2n) is 5.36. The van der Waals surface area contributed by atoms with Crippen LogP contribution in [0.25, 0.3) is 0 Å². The average molecular weight is 277 g/mol. The van der Waals surface area contributed by atoms with Gasteiger partial charge in [-0.25, -0.2) is 0 Å². The molecule has 1 aliphatic rings. The van der Waals surface area contributed by atoms with Crippen LogP contribution in [0, 0.1) is 0 Å². The summed E-state index contributed by atoms with van der Waals surface area (Å²) in [5.41, 5.74) is 1.07. The SMILES string of the molecule is CCOc1ccc(OCC)c(NC2CCCCCC2)c1. The van der Waals surface area contributed by atoms with Crippen LogP contribution < -0.4 is 14.8 Å². The van der Waals surface area contributed by atoms with Crippen molar-refractivity contribution >= 4 is 5.69 Å². The van der Waals surface area contributed by atoms with Crippen molar-refractivity contribution in [1.29, 1.82) is 0 Å². The molecule has 112 valence electrons. The third-order valence-electron chi connectivity index (χ3n) is 3.78. The second-order valence-corrected chi connectivity index (χ2v) is 5.36. The number of benzene rings is 1. The minimum atomic E-state index is 0.564. The van der Waals surface area contributed by atoms with E-state index >= 15 is 0 Å². The van der Waals surface area contributed by atoms with Crippen LogP contribution in [0.15, 0.2) is 18.2 Å². The van der Waals surface area contributed by atoms with E-state index in [0.717, 1.165) is 17.2 Å². The smallest absolute Gasteiger partial charge is 0.142 e. The lowest BCUT2D eigenvalue weighted by molar-refractivity contribution is 0.331. The van der Waals surface area contributed by atoms with Gasteiger partial charge in [-0.2, -0.15) is 0 Å². The van der Waals surface area contributed by atoms with Gasteiger partial charge in [-0.1, -0.05) is 25.7 Å². The summed E-state index contributed by atoms with van der Waals surface area (Å²) >= 11 is 0. The van der Waals surface area contributed by atoms with Gasteiger partial charge < -0.3 is 14.8 Å². The second kappa shape index (κ2) is 8.03. The Balaban J connectivity index is 2.10. The van der Waals surface area contributed by atoms with Gasteiger partial charge >= 0.3 is 0 Å². The summed E-state index contributed by atoms with van der Waals surface area (Å²) in [6.07, 6.45) is 7.90. The van der Waals surface area contributed by atoms with E-state index in [1.54, 1.807) is 0 Å². The highest BCUT2D eigenvalue weighted by Crippen LogP contribution is 2.32. The molecule has 0 aromatic heterocycles. The van der Waals surface area contributed by atoms with Crippen LogP contribution in [-0.4, -0.2) is 19.3 Å². The molecule has 1 N–H and O–H groups in total. The lowest BCUT2D eigenvalue weighted by atomic mass is 10.1. The molecule has 1 aliphatic carbocycles. The number of anilines is 1. The molecule has 3 nitrogen and oxygen atoms in total. The number of ether oxygens (including phenoxy) is 2. The van der Waals surface area contributed by atoms with Crippen molar-refractivity contribution in [2.45, 2.75) is 58.4 Å². The Kier molecular flexibility index (Phi) is 6.03. The first-order valence-corrected chi connectivity index (χ1v) is 7.99. The Morgan fingerprint density at radius 2 is 1.70 bits per heavy atom. The first-order chi connectivity index (χ1) is 9.83. The predicted octanol–water partition coefficient (Wildman–Crippen LogP) is 4.62. The highest BCUT2D eigenvalue weighted by atomic mass is 16.5. The van der Waals surface area contributed by atoms with Gasteiger partial charge in [0.05, 0.1) is 18.9 Å². The summed E-state index contributed by atoms with van der Waals surface area (Å²) in [5.74, 6) is 1.84. The highest BCUT2D eigenvalue weighted by molar-refractivity contribution is 5.60. The fraction of sp³-hybridized carbons (Fsp3) is 0.647. The van der Waals surface area contributed by atoms with E-state index in [-0.39, 0.29) is 0 Å². The van der Waals surface area contributed by atoms with Crippen LogP contribution in [0.1, 0.15) is 52.4 Å². The molecule has 20 heavy (non-hydrogen) atoms. The van der Waals surface area contributed by atoms with Crippen LogP contribution in [0.3, 0.4) is 0 Å². The standard InChI is InChI=1S/C17H27NO2/c1-3-19-15-11-12-17(20-4-2)16(13-15)18-14-9-7-5-6-8-10-14/h11-14,18H,3-10H2,1-2H3. The lowest BCUT2D eigenvalue weighted by Gasteiger charge is -2.20. The zero-order chi connectivity index (χ0) is 14.2. The Bertz CT molecular complexity index is 398. The van der Waals surface area contributed by atoms with E-state index in [4.69, 9.17) is 9.47 Å².